The number of nitrogens with zero attached hydrogens (tertiary/aromatic N) is 2. The van der Waals surface area contributed by atoms with Crippen molar-refractivity contribution in [1.82, 2.24) is 5.01 Å². The molecule has 0 aromatic heterocycles. The number of piperidine rings is 1. The van der Waals surface area contributed by atoms with E-state index in [0.717, 1.165) is 17.6 Å². The molecule has 2 aromatic rings. The topological polar surface area (TPSA) is 6.48 Å². The van der Waals surface area contributed by atoms with E-state index in [1.54, 1.807) is 0 Å². The van der Waals surface area contributed by atoms with E-state index in [1.807, 2.05) is 0 Å². The minimum Gasteiger partial charge on any atom is -0.274 e. The van der Waals surface area contributed by atoms with Crippen molar-refractivity contribution in [3.05, 3.63) is 59.1 Å². The lowest BCUT2D eigenvalue weighted by molar-refractivity contribution is 0.231. The van der Waals surface area contributed by atoms with Crippen LogP contribution >= 0.6 is 15.9 Å². The first-order valence-corrected chi connectivity index (χ1v) is 7.99. The van der Waals surface area contributed by atoms with Gasteiger partial charge in [0.25, 0.3) is 0 Å². The Labute approximate surface area is 129 Å². The van der Waals surface area contributed by atoms with Gasteiger partial charge < -0.3 is 0 Å². The normalized spacial score (nSPS) is 16.1. The molecule has 1 saturated heterocycles. The average molecular weight is 331 g/mol. The predicted octanol–water partition coefficient (Wildman–Crippen LogP) is 4.99. The molecule has 20 heavy (non-hydrogen) atoms. The van der Waals surface area contributed by atoms with Crippen LogP contribution in [0.1, 0.15) is 19.3 Å². The largest absolute Gasteiger partial charge is 0.274 e. The van der Waals surface area contributed by atoms with Crippen LogP contribution < -0.4 is 5.01 Å². The summed E-state index contributed by atoms with van der Waals surface area (Å²) < 4.78 is 1.12. The Morgan fingerprint density at radius 3 is 2.00 bits per heavy atom. The first-order chi connectivity index (χ1) is 9.84. The second-order valence-electron chi connectivity index (χ2n) is 5.14. The molecule has 0 atom stereocenters. The van der Waals surface area contributed by atoms with Crippen LogP contribution in [0.15, 0.2) is 59.1 Å². The van der Waals surface area contributed by atoms with Crippen molar-refractivity contribution in [1.29, 1.82) is 0 Å². The van der Waals surface area contributed by atoms with Crippen molar-refractivity contribution in [2.45, 2.75) is 19.3 Å². The summed E-state index contributed by atoms with van der Waals surface area (Å²) in [4.78, 5) is 0. The number of para-hydroxylation sites is 1. The van der Waals surface area contributed by atoms with Crippen molar-refractivity contribution >= 4 is 27.3 Å². The summed E-state index contributed by atoms with van der Waals surface area (Å²) in [5.41, 5.74) is 2.46. The fraction of sp³-hybridized carbons (Fsp3) is 0.294. The smallest absolute Gasteiger partial charge is 0.0581 e. The standard InChI is InChI=1S/C17H19BrN2/c18-15-9-11-17(12-10-15)20(16-7-3-1-4-8-16)19-13-5-2-6-14-19/h1,3-4,7-12H,2,5-6,13-14H2. The summed E-state index contributed by atoms with van der Waals surface area (Å²) in [5, 5.41) is 4.81. The van der Waals surface area contributed by atoms with Crippen LogP contribution in [0.25, 0.3) is 0 Å². The quantitative estimate of drug-likeness (QED) is 0.782. The lowest BCUT2D eigenvalue weighted by Gasteiger charge is -2.39. The van der Waals surface area contributed by atoms with E-state index in [1.165, 1.54) is 30.6 Å². The van der Waals surface area contributed by atoms with Crippen LogP contribution in [0.5, 0.6) is 0 Å². The molecule has 0 unspecified atom stereocenters. The van der Waals surface area contributed by atoms with Gasteiger partial charge in [-0.05, 0) is 49.2 Å². The monoisotopic (exact) mass is 330 g/mol. The van der Waals surface area contributed by atoms with Gasteiger partial charge in [0.05, 0.1) is 11.4 Å². The molecule has 0 amide bonds. The highest BCUT2D eigenvalue weighted by atomic mass is 79.9. The van der Waals surface area contributed by atoms with Gasteiger partial charge in [0, 0.05) is 17.6 Å². The first kappa shape index (κ1) is 13.7. The zero-order valence-corrected chi connectivity index (χ0v) is 13.1. The van der Waals surface area contributed by atoms with Gasteiger partial charge in [0.15, 0.2) is 0 Å². The number of halogens is 1. The molecule has 1 heterocycles. The van der Waals surface area contributed by atoms with Crippen LogP contribution in [0, 0.1) is 0 Å². The van der Waals surface area contributed by atoms with E-state index < -0.39 is 0 Å². The van der Waals surface area contributed by atoms with Crippen LogP contribution in [-0.4, -0.2) is 18.1 Å². The van der Waals surface area contributed by atoms with Gasteiger partial charge in [-0.25, -0.2) is 5.01 Å². The molecule has 1 fully saturated rings. The first-order valence-electron chi connectivity index (χ1n) is 7.20. The fourth-order valence-electron chi connectivity index (χ4n) is 2.70. The average Bonchev–Trinajstić information content (AvgIpc) is 2.52. The van der Waals surface area contributed by atoms with Crippen molar-refractivity contribution in [2.24, 2.45) is 0 Å². The molecule has 3 heteroatoms. The Kier molecular flexibility index (Phi) is 4.38. The lowest BCUT2D eigenvalue weighted by atomic mass is 10.1. The van der Waals surface area contributed by atoms with Crippen LogP contribution in [0.4, 0.5) is 11.4 Å². The Morgan fingerprint density at radius 2 is 1.35 bits per heavy atom. The zero-order chi connectivity index (χ0) is 13.8. The molecule has 3 rings (SSSR count). The SMILES string of the molecule is Brc1ccc(N(c2ccccc2)N2CCCCC2)cc1. The van der Waals surface area contributed by atoms with E-state index in [4.69, 9.17) is 0 Å². The van der Waals surface area contributed by atoms with Crippen molar-refractivity contribution < 1.29 is 0 Å². The summed E-state index contributed by atoms with van der Waals surface area (Å²) >= 11 is 3.51. The highest BCUT2D eigenvalue weighted by Gasteiger charge is 2.20. The molecule has 0 saturated carbocycles. The highest BCUT2D eigenvalue weighted by Crippen LogP contribution is 2.30. The minimum atomic E-state index is 1.12. The highest BCUT2D eigenvalue weighted by molar-refractivity contribution is 9.10. The predicted molar refractivity (Wildman–Crippen MR) is 88.1 cm³/mol. The third-order valence-electron chi connectivity index (χ3n) is 3.69. The molecule has 1 aliphatic heterocycles. The second-order valence-corrected chi connectivity index (χ2v) is 6.05. The Hall–Kier alpha value is -1.32. The molecule has 2 nitrogen and oxygen atoms in total. The van der Waals surface area contributed by atoms with Gasteiger partial charge in [-0.15, -0.1) is 0 Å². The fourth-order valence-corrected chi connectivity index (χ4v) is 2.97. The number of benzene rings is 2. The molecule has 0 radical (unpaired) electrons. The number of hydrogen-bond donors (Lipinski definition) is 0. The summed E-state index contributed by atoms with van der Waals surface area (Å²) in [5.74, 6) is 0. The van der Waals surface area contributed by atoms with Crippen LogP contribution in [-0.2, 0) is 0 Å². The Morgan fingerprint density at radius 1 is 0.750 bits per heavy atom. The third-order valence-corrected chi connectivity index (χ3v) is 4.22. The molecule has 104 valence electrons. The maximum absolute atomic E-state index is 3.51. The van der Waals surface area contributed by atoms with Crippen LogP contribution in [0.3, 0.4) is 0 Å². The zero-order valence-electron chi connectivity index (χ0n) is 11.5. The van der Waals surface area contributed by atoms with E-state index in [9.17, 15) is 0 Å². The Bertz CT molecular complexity index is 533. The van der Waals surface area contributed by atoms with Gasteiger partial charge in [-0.3, -0.25) is 5.01 Å². The maximum atomic E-state index is 3.51. The number of anilines is 2. The van der Waals surface area contributed by atoms with E-state index in [-0.39, 0.29) is 0 Å². The molecule has 2 aromatic carbocycles. The summed E-state index contributed by atoms with van der Waals surface area (Å²) in [6.45, 7) is 2.26. The third kappa shape index (κ3) is 3.05. The van der Waals surface area contributed by atoms with Gasteiger partial charge in [0.1, 0.15) is 0 Å². The van der Waals surface area contributed by atoms with Crippen molar-refractivity contribution in [3.63, 3.8) is 0 Å². The molecule has 0 N–H and O–H groups in total. The van der Waals surface area contributed by atoms with Crippen molar-refractivity contribution in [2.75, 3.05) is 18.1 Å². The minimum absolute atomic E-state index is 1.12. The van der Waals surface area contributed by atoms with Gasteiger partial charge >= 0.3 is 0 Å². The summed E-state index contributed by atoms with van der Waals surface area (Å²) in [6.07, 6.45) is 3.90. The van der Waals surface area contributed by atoms with E-state index in [0.29, 0.717) is 0 Å². The molecular formula is C17H19BrN2. The number of rotatable bonds is 3. The van der Waals surface area contributed by atoms with Gasteiger partial charge in [-0.2, -0.15) is 0 Å². The van der Waals surface area contributed by atoms with Gasteiger partial charge in [0.2, 0.25) is 0 Å². The van der Waals surface area contributed by atoms with E-state index >= 15 is 0 Å². The van der Waals surface area contributed by atoms with Crippen LogP contribution in [0.2, 0.25) is 0 Å². The molecule has 0 spiro atoms. The Balaban J connectivity index is 1.96. The van der Waals surface area contributed by atoms with Crippen molar-refractivity contribution in [3.8, 4) is 0 Å². The summed E-state index contributed by atoms with van der Waals surface area (Å²) in [7, 11) is 0. The lowest BCUT2D eigenvalue weighted by Crippen LogP contribution is -2.42. The summed E-state index contributed by atoms with van der Waals surface area (Å²) in [6, 6.07) is 19.2. The molecule has 1 aliphatic rings. The second kappa shape index (κ2) is 6.42. The molecule has 0 aliphatic carbocycles. The maximum Gasteiger partial charge on any atom is 0.0581 e. The van der Waals surface area contributed by atoms with E-state index in [2.05, 4.69) is 80.5 Å². The molecule has 0 bridgehead atoms. The molecular weight excluding hydrogens is 312 g/mol. The van der Waals surface area contributed by atoms with Gasteiger partial charge in [-0.1, -0.05) is 40.5 Å². The number of hydrazine groups is 1. The number of hydrogen-bond acceptors (Lipinski definition) is 2.